The van der Waals surface area contributed by atoms with Gasteiger partial charge in [0.25, 0.3) is 0 Å². The Morgan fingerprint density at radius 2 is 1.57 bits per heavy atom. The van der Waals surface area contributed by atoms with Crippen LogP contribution in [0.4, 0.5) is 0 Å². The number of nitriles is 1. The Hall–Kier alpha value is -0.556. The van der Waals surface area contributed by atoms with Gasteiger partial charge in [-0.3, -0.25) is 0 Å². The molecule has 0 aliphatic carbocycles. The lowest BCUT2D eigenvalue weighted by Crippen LogP contribution is -2.31. The second kappa shape index (κ2) is 4.79. The summed E-state index contributed by atoms with van der Waals surface area (Å²) in [4.78, 5) is 0. The highest BCUT2D eigenvalue weighted by molar-refractivity contribution is 6.83. The Morgan fingerprint density at radius 1 is 1.07 bits per heavy atom. The Morgan fingerprint density at radius 3 is 1.86 bits per heavy atom. The fourth-order valence-electron chi connectivity index (χ4n) is 0.724. The maximum absolute atomic E-state index is 8.85. The zero-order valence-corrected chi connectivity index (χ0v) is 11.9. The van der Waals surface area contributed by atoms with Gasteiger partial charge in [0, 0.05) is 0 Å². The van der Waals surface area contributed by atoms with Gasteiger partial charge >= 0.3 is 0 Å². The van der Waals surface area contributed by atoms with E-state index in [0.717, 1.165) is 0 Å². The molecule has 0 fully saturated rings. The molecule has 0 amide bonds. The van der Waals surface area contributed by atoms with E-state index in [-0.39, 0.29) is 0 Å². The predicted molar refractivity (Wildman–Crippen MR) is 65.0 cm³/mol. The van der Waals surface area contributed by atoms with Crippen molar-refractivity contribution in [3.05, 3.63) is 0 Å². The number of hydrogen-bond acceptors (Lipinski definition) is 2. The van der Waals surface area contributed by atoms with Crippen LogP contribution in [0.25, 0.3) is 0 Å². The molecule has 0 heterocycles. The summed E-state index contributed by atoms with van der Waals surface area (Å²) in [6, 6.07) is 2.09. The summed E-state index contributed by atoms with van der Waals surface area (Å²) in [7, 11) is -3.04. The van der Waals surface area contributed by atoms with Crippen molar-refractivity contribution in [2.24, 2.45) is 0 Å². The third-order valence-electron chi connectivity index (χ3n) is 1.17. The van der Waals surface area contributed by atoms with Crippen LogP contribution in [0.2, 0.25) is 39.3 Å². The fraction of sp³-hybridized carbons (Fsp3) is 0.700. The highest BCUT2D eigenvalue weighted by Gasteiger charge is 2.19. The first-order valence-electron chi connectivity index (χ1n) is 4.74. The highest BCUT2D eigenvalue weighted by Crippen LogP contribution is 2.06. The number of hydrogen-bond donors (Lipinski definition) is 0. The molecule has 1 atom stereocenters. The van der Waals surface area contributed by atoms with Gasteiger partial charge in [-0.15, -0.1) is 5.54 Å². The SMILES string of the molecule is C[Si](C)(C)C#CC(C#N)O[Si](C)(C)C. The molecule has 0 saturated carbocycles. The fourth-order valence-corrected chi connectivity index (χ4v) is 2.11. The summed E-state index contributed by atoms with van der Waals surface area (Å²) < 4.78 is 5.61. The Kier molecular flexibility index (Phi) is 4.60. The molecule has 0 N–H and O–H groups in total. The summed E-state index contributed by atoms with van der Waals surface area (Å²) in [6.45, 7) is 12.7. The molecule has 0 bridgehead atoms. The molecule has 1 unspecified atom stereocenters. The molecule has 78 valence electrons. The van der Waals surface area contributed by atoms with E-state index in [9.17, 15) is 0 Å². The molecule has 4 heteroatoms. The average molecular weight is 225 g/mol. The van der Waals surface area contributed by atoms with E-state index in [0.29, 0.717) is 0 Å². The van der Waals surface area contributed by atoms with Crippen LogP contribution in [0.1, 0.15) is 0 Å². The minimum absolute atomic E-state index is 0.534. The quantitative estimate of drug-likeness (QED) is 0.534. The van der Waals surface area contributed by atoms with Gasteiger partial charge in [0.15, 0.2) is 14.4 Å². The van der Waals surface area contributed by atoms with Crippen LogP contribution in [-0.4, -0.2) is 22.5 Å². The van der Waals surface area contributed by atoms with E-state index in [1.54, 1.807) is 0 Å². The molecule has 2 nitrogen and oxygen atoms in total. The Balaban J connectivity index is 4.46. The minimum atomic E-state index is -1.65. The molecule has 0 saturated heterocycles. The average Bonchev–Trinajstić information content (AvgIpc) is 1.94. The van der Waals surface area contributed by atoms with Crippen molar-refractivity contribution >= 4 is 16.4 Å². The van der Waals surface area contributed by atoms with E-state index in [4.69, 9.17) is 9.69 Å². The topological polar surface area (TPSA) is 33.0 Å². The predicted octanol–water partition coefficient (Wildman–Crippen LogP) is 2.61. The molecule has 0 rings (SSSR count). The first kappa shape index (κ1) is 13.4. The summed E-state index contributed by atoms with van der Waals surface area (Å²) >= 11 is 0. The molecular weight excluding hydrogens is 206 g/mol. The van der Waals surface area contributed by atoms with Gasteiger partial charge < -0.3 is 4.43 Å². The van der Waals surface area contributed by atoms with Crippen molar-refractivity contribution in [2.45, 2.75) is 45.4 Å². The molecule has 0 radical (unpaired) electrons. The van der Waals surface area contributed by atoms with Gasteiger partial charge in [0.2, 0.25) is 0 Å². The van der Waals surface area contributed by atoms with Crippen LogP contribution in [-0.2, 0) is 4.43 Å². The van der Waals surface area contributed by atoms with Crippen LogP contribution in [0.5, 0.6) is 0 Å². The zero-order chi connectivity index (χ0) is 11.4. The molecule has 14 heavy (non-hydrogen) atoms. The van der Waals surface area contributed by atoms with E-state index in [1.165, 1.54) is 0 Å². The molecule has 0 aliphatic heterocycles. The largest absolute Gasteiger partial charge is 0.393 e. The highest BCUT2D eigenvalue weighted by atomic mass is 28.4. The van der Waals surface area contributed by atoms with Gasteiger partial charge in [-0.1, -0.05) is 25.6 Å². The van der Waals surface area contributed by atoms with Crippen molar-refractivity contribution in [1.29, 1.82) is 5.26 Å². The summed E-state index contributed by atoms with van der Waals surface area (Å²) in [5.41, 5.74) is 3.16. The van der Waals surface area contributed by atoms with E-state index in [1.807, 2.05) is 0 Å². The molecular formula is C10H19NOSi2. The van der Waals surface area contributed by atoms with Gasteiger partial charge in [0.05, 0.1) is 0 Å². The van der Waals surface area contributed by atoms with Crippen molar-refractivity contribution < 1.29 is 4.43 Å². The number of rotatable bonds is 2. The smallest absolute Gasteiger partial charge is 0.195 e. The Bertz CT molecular complexity index is 282. The van der Waals surface area contributed by atoms with Crippen LogP contribution >= 0.6 is 0 Å². The standard InChI is InChI=1S/C10H19NOSi2/c1-13(2,3)8-7-10(9-11)12-14(4,5)6/h10H,1-6H3. The van der Waals surface area contributed by atoms with Crippen molar-refractivity contribution in [2.75, 3.05) is 0 Å². The van der Waals surface area contributed by atoms with E-state index >= 15 is 0 Å². The molecule has 0 aliphatic rings. The van der Waals surface area contributed by atoms with Gasteiger partial charge in [0.1, 0.15) is 14.1 Å². The number of nitrogens with zero attached hydrogens (tertiary/aromatic N) is 1. The summed E-state index contributed by atoms with van der Waals surface area (Å²) in [6.07, 6.45) is -0.534. The van der Waals surface area contributed by atoms with Gasteiger partial charge in [-0.05, 0) is 19.6 Å². The molecule has 0 aromatic carbocycles. The first-order valence-corrected chi connectivity index (χ1v) is 11.6. The zero-order valence-electron chi connectivity index (χ0n) is 9.93. The first-order chi connectivity index (χ1) is 6.14. The Labute approximate surface area is 89.4 Å². The second-order valence-corrected chi connectivity index (χ2v) is 14.5. The summed E-state index contributed by atoms with van der Waals surface area (Å²) in [5.74, 6) is 2.93. The van der Waals surface area contributed by atoms with E-state index in [2.05, 4.69) is 56.8 Å². The lowest BCUT2D eigenvalue weighted by atomic mass is 10.4. The van der Waals surface area contributed by atoms with Crippen LogP contribution < -0.4 is 0 Å². The normalized spacial score (nSPS) is 13.8. The third-order valence-corrected chi connectivity index (χ3v) is 3.00. The van der Waals surface area contributed by atoms with Crippen molar-refractivity contribution in [3.8, 4) is 17.5 Å². The second-order valence-electron chi connectivity index (χ2n) is 5.26. The molecule has 0 aromatic heterocycles. The molecule has 0 aromatic rings. The lowest BCUT2D eigenvalue weighted by Gasteiger charge is -2.18. The minimum Gasteiger partial charge on any atom is -0.393 e. The monoisotopic (exact) mass is 225 g/mol. The molecule has 0 spiro atoms. The van der Waals surface area contributed by atoms with Crippen LogP contribution in [0.3, 0.4) is 0 Å². The van der Waals surface area contributed by atoms with Gasteiger partial charge in [-0.2, -0.15) is 5.26 Å². The summed E-state index contributed by atoms with van der Waals surface area (Å²) in [5, 5.41) is 8.85. The maximum Gasteiger partial charge on any atom is 0.195 e. The van der Waals surface area contributed by atoms with Gasteiger partial charge in [-0.25, -0.2) is 0 Å². The maximum atomic E-state index is 8.85. The third kappa shape index (κ3) is 8.06. The van der Waals surface area contributed by atoms with E-state index < -0.39 is 22.5 Å². The lowest BCUT2D eigenvalue weighted by molar-refractivity contribution is 0.304. The van der Waals surface area contributed by atoms with Crippen LogP contribution in [0.15, 0.2) is 0 Å². The van der Waals surface area contributed by atoms with Crippen LogP contribution in [0, 0.1) is 22.8 Å². The van der Waals surface area contributed by atoms with Crippen molar-refractivity contribution in [1.82, 2.24) is 0 Å². The van der Waals surface area contributed by atoms with Crippen molar-refractivity contribution in [3.63, 3.8) is 0 Å².